The van der Waals surface area contributed by atoms with Gasteiger partial charge in [0.15, 0.2) is 18.1 Å². The minimum atomic E-state index is -2.01. The Morgan fingerprint density at radius 1 is 1.26 bits per heavy atom. The van der Waals surface area contributed by atoms with Crippen LogP contribution >= 0.6 is 0 Å². The maximum Gasteiger partial charge on any atom is 0.306 e. The number of aliphatic hydroxyl groups is 2. The predicted octanol–water partition coefficient (Wildman–Crippen LogP) is 3.64. The topological polar surface area (TPSA) is 101 Å². The van der Waals surface area contributed by atoms with E-state index in [1.165, 1.54) is 12.2 Å². The third-order valence-electron chi connectivity index (χ3n) is 9.75. The van der Waals surface area contributed by atoms with Crippen LogP contribution in [0, 0.1) is 28.6 Å². The van der Waals surface area contributed by atoms with Gasteiger partial charge in [0, 0.05) is 23.2 Å². The molecule has 8 atom stereocenters. The van der Waals surface area contributed by atoms with E-state index in [4.69, 9.17) is 4.74 Å². The van der Waals surface area contributed by atoms with E-state index in [1.54, 1.807) is 26.8 Å². The summed E-state index contributed by atoms with van der Waals surface area (Å²) in [6.07, 6.45) is 6.03. The van der Waals surface area contributed by atoms with Gasteiger partial charge in [-0.1, -0.05) is 38.8 Å². The van der Waals surface area contributed by atoms with Gasteiger partial charge in [0.25, 0.3) is 0 Å². The number of unbranched alkanes of at least 4 members (excludes halogenated alkanes) is 1. The second-order valence-corrected chi connectivity index (χ2v) is 11.4. The molecule has 3 fully saturated rings. The summed E-state index contributed by atoms with van der Waals surface area (Å²) in [4.78, 5) is 37.2. The number of hydrogen-bond donors (Lipinski definition) is 2. The molecular formula is C27H37FO6. The lowest BCUT2D eigenvalue weighted by molar-refractivity contribution is -0.220. The van der Waals surface area contributed by atoms with Crippen LogP contribution in [0.3, 0.4) is 0 Å². The van der Waals surface area contributed by atoms with Crippen molar-refractivity contribution >= 4 is 17.5 Å². The van der Waals surface area contributed by atoms with Gasteiger partial charge in [-0.25, -0.2) is 4.39 Å². The Bertz CT molecular complexity index is 957. The highest BCUT2D eigenvalue weighted by Crippen LogP contribution is 2.70. The SMILES string of the molecule is CCCCC(=O)OCC(=O)[C@]1(O)[C@@H](C)C[C@H]2C3CCC4=CC(=O)C=C[C@]4(C)[C@@]3(F)[C@@H](O)C[C@@]21C. The Balaban J connectivity index is 1.65. The minimum absolute atomic E-state index is 0.0916. The van der Waals surface area contributed by atoms with E-state index >= 15 is 4.39 Å². The predicted molar refractivity (Wildman–Crippen MR) is 123 cm³/mol. The summed E-state index contributed by atoms with van der Waals surface area (Å²) >= 11 is 0. The fourth-order valence-corrected chi connectivity index (χ4v) is 7.79. The Kier molecular flexibility index (Phi) is 6.21. The molecule has 4 rings (SSSR count). The van der Waals surface area contributed by atoms with Gasteiger partial charge >= 0.3 is 5.97 Å². The molecule has 0 aliphatic heterocycles. The third-order valence-corrected chi connectivity index (χ3v) is 9.75. The number of rotatable bonds is 6. The van der Waals surface area contributed by atoms with Crippen LogP contribution in [-0.4, -0.2) is 51.7 Å². The molecule has 0 bridgehead atoms. The molecule has 0 heterocycles. The number of alkyl halides is 1. The van der Waals surface area contributed by atoms with E-state index in [-0.39, 0.29) is 24.5 Å². The fraction of sp³-hybridized carbons (Fsp3) is 0.741. The lowest BCUT2D eigenvalue weighted by Gasteiger charge is -2.62. The van der Waals surface area contributed by atoms with Crippen molar-refractivity contribution in [3.8, 4) is 0 Å². The Labute approximate surface area is 200 Å². The number of ether oxygens (including phenoxy) is 1. The summed E-state index contributed by atoms with van der Waals surface area (Å²) in [6.45, 7) is 6.72. The van der Waals surface area contributed by atoms with Crippen molar-refractivity contribution in [2.45, 2.75) is 90.0 Å². The van der Waals surface area contributed by atoms with Gasteiger partial charge < -0.3 is 14.9 Å². The van der Waals surface area contributed by atoms with E-state index in [0.717, 1.165) is 6.42 Å². The van der Waals surface area contributed by atoms with Crippen molar-refractivity contribution in [3.63, 3.8) is 0 Å². The van der Waals surface area contributed by atoms with Gasteiger partial charge in [0.05, 0.1) is 6.10 Å². The first kappa shape index (κ1) is 25.2. The van der Waals surface area contributed by atoms with Crippen LogP contribution in [-0.2, 0) is 19.1 Å². The number of halogens is 1. The summed E-state index contributed by atoms with van der Waals surface area (Å²) in [6, 6.07) is 0. The first-order valence-electron chi connectivity index (χ1n) is 12.6. The van der Waals surface area contributed by atoms with Crippen molar-refractivity contribution in [3.05, 3.63) is 23.8 Å². The molecule has 0 aromatic carbocycles. The quantitative estimate of drug-likeness (QED) is 0.568. The number of carbonyl (C=O) groups excluding carboxylic acids is 3. The summed E-state index contributed by atoms with van der Waals surface area (Å²) in [5, 5.41) is 23.2. The number of Topliss-reactive ketones (excluding diaryl/α,β-unsaturated/α-hetero) is 1. The summed E-state index contributed by atoms with van der Waals surface area (Å²) < 4.78 is 22.3. The van der Waals surface area contributed by atoms with Gasteiger partial charge in [-0.15, -0.1) is 0 Å². The Hall–Kier alpha value is -1.86. The molecule has 3 saturated carbocycles. The molecule has 2 N–H and O–H groups in total. The van der Waals surface area contributed by atoms with Crippen molar-refractivity contribution in [1.82, 2.24) is 0 Å². The van der Waals surface area contributed by atoms with E-state index in [2.05, 4.69) is 0 Å². The molecule has 0 aromatic rings. The first-order valence-corrected chi connectivity index (χ1v) is 12.6. The largest absolute Gasteiger partial charge is 0.458 e. The monoisotopic (exact) mass is 476 g/mol. The van der Waals surface area contributed by atoms with E-state index in [1.807, 2.05) is 6.92 Å². The zero-order valence-corrected chi connectivity index (χ0v) is 20.6. The number of carbonyl (C=O) groups is 3. The van der Waals surface area contributed by atoms with Crippen LogP contribution in [0.25, 0.3) is 0 Å². The number of allylic oxidation sites excluding steroid dienone is 4. The number of fused-ring (bicyclic) bond motifs is 5. The molecule has 7 heteroatoms. The highest BCUT2D eigenvalue weighted by molar-refractivity contribution is 6.01. The molecule has 0 amide bonds. The van der Waals surface area contributed by atoms with Crippen molar-refractivity contribution in [1.29, 1.82) is 0 Å². The van der Waals surface area contributed by atoms with Crippen molar-refractivity contribution in [2.75, 3.05) is 6.61 Å². The lowest BCUT2D eigenvalue weighted by atomic mass is 9.44. The lowest BCUT2D eigenvalue weighted by Crippen LogP contribution is -2.69. The Morgan fingerprint density at radius 3 is 2.65 bits per heavy atom. The smallest absolute Gasteiger partial charge is 0.306 e. The number of ketones is 2. The summed E-state index contributed by atoms with van der Waals surface area (Å²) in [7, 11) is 0. The fourth-order valence-electron chi connectivity index (χ4n) is 7.79. The van der Waals surface area contributed by atoms with Crippen LogP contribution in [0.2, 0.25) is 0 Å². The van der Waals surface area contributed by atoms with E-state index < -0.39 is 58.4 Å². The van der Waals surface area contributed by atoms with Crippen LogP contribution in [0.4, 0.5) is 4.39 Å². The molecule has 4 aliphatic rings. The van der Waals surface area contributed by atoms with Gasteiger partial charge in [-0.3, -0.25) is 14.4 Å². The molecule has 1 unspecified atom stereocenters. The second kappa shape index (κ2) is 8.37. The van der Waals surface area contributed by atoms with Gasteiger partial charge in [0.2, 0.25) is 5.78 Å². The molecule has 0 saturated heterocycles. The molecule has 6 nitrogen and oxygen atoms in total. The molecule has 0 radical (unpaired) electrons. The maximum atomic E-state index is 17.1. The maximum absolute atomic E-state index is 17.1. The second-order valence-electron chi connectivity index (χ2n) is 11.4. The highest BCUT2D eigenvalue weighted by Gasteiger charge is 2.75. The Morgan fingerprint density at radius 2 is 1.97 bits per heavy atom. The van der Waals surface area contributed by atoms with E-state index in [9.17, 15) is 24.6 Å². The standard InChI is InChI=1S/C27H37FO6/c1-5-6-7-23(32)34-15-22(31)27(33)16(2)12-20-19-9-8-17-13-18(29)10-11-24(17,3)26(19,28)21(30)14-25(20,27)4/h10-11,13,16,19-21,30,33H,5-9,12,14-15H2,1-4H3/t16-,19?,20-,21-,24-,25-,26-,27+/m0/s1. The number of esters is 1. The minimum Gasteiger partial charge on any atom is -0.458 e. The molecule has 34 heavy (non-hydrogen) atoms. The van der Waals surface area contributed by atoms with Crippen LogP contribution in [0.1, 0.15) is 72.6 Å². The zero-order chi connectivity index (χ0) is 25.1. The molecule has 4 aliphatic carbocycles. The molecule has 0 spiro atoms. The van der Waals surface area contributed by atoms with Gasteiger partial charge in [-0.2, -0.15) is 0 Å². The molecule has 0 aromatic heterocycles. The summed E-state index contributed by atoms with van der Waals surface area (Å²) in [5.41, 5.74) is -5.34. The summed E-state index contributed by atoms with van der Waals surface area (Å²) in [5.74, 6) is -2.64. The third kappa shape index (κ3) is 3.22. The van der Waals surface area contributed by atoms with Crippen LogP contribution in [0.5, 0.6) is 0 Å². The van der Waals surface area contributed by atoms with Crippen LogP contribution < -0.4 is 0 Å². The molecule has 188 valence electrons. The van der Waals surface area contributed by atoms with Gasteiger partial charge in [0.1, 0.15) is 5.60 Å². The van der Waals surface area contributed by atoms with Crippen molar-refractivity contribution in [2.24, 2.45) is 28.6 Å². The average Bonchev–Trinajstić information content (AvgIpc) is 2.99. The number of aliphatic hydroxyl groups excluding tert-OH is 1. The zero-order valence-electron chi connectivity index (χ0n) is 20.6. The van der Waals surface area contributed by atoms with Gasteiger partial charge in [-0.05, 0) is 63.0 Å². The normalized spacial score (nSPS) is 45.1. The molecular weight excluding hydrogens is 439 g/mol. The average molecular weight is 477 g/mol. The van der Waals surface area contributed by atoms with Crippen molar-refractivity contribution < 1.29 is 33.7 Å². The highest BCUT2D eigenvalue weighted by atomic mass is 19.1. The van der Waals surface area contributed by atoms with Crippen LogP contribution in [0.15, 0.2) is 23.8 Å². The van der Waals surface area contributed by atoms with E-state index in [0.29, 0.717) is 31.3 Å². The first-order chi connectivity index (χ1) is 15.9. The number of hydrogen-bond acceptors (Lipinski definition) is 6.